The van der Waals surface area contributed by atoms with Crippen LogP contribution in [0.1, 0.15) is 6.42 Å². The maximum atomic E-state index is 2.38. The van der Waals surface area contributed by atoms with Gasteiger partial charge < -0.3 is 4.90 Å². The van der Waals surface area contributed by atoms with Crippen LogP contribution in [0.2, 0.25) is 0 Å². The molecule has 0 radical (unpaired) electrons. The predicted octanol–water partition coefficient (Wildman–Crippen LogP) is 0.836. The van der Waals surface area contributed by atoms with E-state index in [1.165, 1.54) is 19.5 Å². The van der Waals surface area contributed by atoms with Crippen LogP contribution >= 0.6 is 0 Å². The van der Waals surface area contributed by atoms with Crippen LogP contribution in [-0.4, -0.2) is 18.0 Å². The molecule has 0 N–H and O–H groups in total. The van der Waals surface area contributed by atoms with Crippen molar-refractivity contribution in [3.63, 3.8) is 0 Å². The smallest absolute Gasteiger partial charge is 0.0236 e. The molecule has 2 heterocycles. The van der Waals surface area contributed by atoms with Crippen molar-refractivity contribution in [2.45, 2.75) is 6.42 Å². The lowest BCUT2D eigenvalue weighted by molar-refractivity contribution is 0.478. The van der Waals surface area contributed by atoms with Crippen molar-refractivity contribution in [1.82, 2.24) is 4.90 Å². The average Bonchev–Trinajstić information content (AvgIpc) is 2.22. The van der Waals surface area contributed by atoms with Crippen molar-refractivity contribution in [2.24, 2.45) is 5.92 Å². The molecule has 1 fully saturated rings. The minimum Gasteiger partial charge on any atom is -0.377 e. The third-order valence-corrected chi connectivity index (χ3v) is 1.83. The molecule has 1 saturated heterocycles. The lowest BCUT2D eigenvalue weighted by atomic mass is 10.1. The van der Waals surface area contributed by atoms with Crippen LogP contribution in [0.25, 0.3) is 0 Å². The van der Waals surface area contributed by atoms with Gasteiger partial charge in [0.05, 0.1) is 0 Å². The first-order valence-electron chi connectivity index (χ1n) is 2.87. The Balaban J connectivity index is 2.27. The molecule has 2 aliphatic rings. The van der Waals surface area contributed by atoms with Crippen LogP contribution in [-0.2, 0) is 0 Å². The summed E-state index contributed by atoms with van der Waals surface area (Å²) in [7, 11) is 0. The van der Waals surface area contributed by atoms with Gasteiger partial charge in [-0.3, -0.25) is 0 Å². The first-order valence-corrected chi connectivity index (χ1v) is 2.87. The average molecular weight is 95.1 g/mol. The van der Waals surface area contributed by atoms with Crippen LogP contribution in [0.15, 0.2) is 12.3 Å². The van der Waals surface area contributed by atoms with Crippen LogP contribution in [0, 0.1) is 5.92 Å². The third-order valence-electron chi connectivity index (χ3n) is 1.83. The molecule has 1 unspecified atom stereocenters. The topological polar surface area (TPSA) is 3.24 Å². The molecule has 0 spiro atoms. The summed E-state index contributed by atoms with van der Waals surface area (Å²) in [5.74, 6) is 0.917. The van der Waals surface area contributed by atoms with E-state index in [2.05, 4.69) is 17.2 Å². The van der Waals surface area contributed by atoms with Gasteiger partial charge in [0.25, 0.3) is 0 Å². The molecule has 0 amide bonds. The van der Waals surface area contributed by atoms with Gasteiger partial charge in [0.2, 0.25) is 0 Å². The van der Waals surface area contributed by atoms with E-state index in [1.807, 2.05) is 0 Å². The molecule has 0 aromatic rings. The maximum absolute atomic E-state index is 2.38. The largest absolute Gasteiger partial charge is 0.377 e. The second-order valence-corrected chi connectivity index (χ2v) is 2.39. The summed E-state index contributed by atoms with van der Waals surface area (Å²) < 4.78 is 0. The van der Waals surface area contributed by atoms with Crippen LogP contribution < -0.4 is 0 Å². The molecule has 2 aliphatic heterocycles. The summed E-state index contributed by atoms with van der Waals surface area (Å²) in [6.07, 6.45) is 5.92. The molecule has 1 atom stereocenters. The Kier molecular flexibility index (Phi) is 0.518. The molecular formula is C6H9N. The fourth-order valence-electron chi connectivity index (χ4n) is 1.35. The minimum absolute atomic E-state index is 0.917. The highest BCUT2D eigenvalue weighted by Crippen LogP contribution is 2.23. The first-order chi connectivity index (χ1) is 3.45. The zero-order valence-electron chi connectivity index (χ0n) is 4.30. The Hall–Kier alpha value is -0.460. The summed E-state index contributed by atoms with van der Waals surface area (Å²) >= 11 is 0. The van der Waals surface area contributed by atoms with Crippen molar-refractivity contribution < 1.29 is 0 Å². The quantitative estimate of drug-likeness (QED) is 0.431. The SMILES string of the molecule is C1=CN2CCC1C2. The van der Waals surface area contributed by atoms with Gasteiger partial charge >= 0.3 is 0 Å². The summed E-state index contributed by atoms with van der Waals surface area (Å²) in [5.41, 5.74) is 0. The van der Waals surface area contributed by atoms with E-state index in [9.17, 15) is 0 Å². The molecule has 1 heteroatoms. The number of hydrogen-bond donors (Lipinski definition) is 0. The van der Waals surface area contributed by atoms with E-state index >= 15 is 0 Å². The number of hydrogen-bond acceptors (Lipinski definition) is 1. The second kappa shape index (κ2) is 1.03. The summed E-state index contributed by atoms with van der Waals surface area (Å²) in [5, 5.41) is 0. The Labute approximate surface area is 43.6 Å². The maximum Gasteiger partial charge on any atom is 0.0236 e. The van der Waals surface area contributed by atoms with Gasteiger partial charge in [0.1, 0.15) is 0 Å². The summed E-state index contributed by atoms with van der Waals surface area (Å²) in [6.45, 7) is 2.61. The van der Waals surface area contributed by atoms with Gasteiger partial charge in [-0.1, -0.05) is 6.08 Å². The Bertz CT molecular complexity index is 94.7. The minimum atomic E-state index is 0.917. The van der Waals surface area contributed by atoms with Gasteiger partial charge in [0, 0.05) is 13.1 Å². The molecule has 2 rings (SSSR count). The fourth-order valence-corrected chi connectivity index (χ4v) is 1.35. The molecule has 2 bridgehead atoms. The fraction of sp³-hybridized carbons (Fsp3) is 0.667. The van der Waals surface area contributed by atoms with Crippen LogP contribution in [0.5, 0.6) is 0 Å². The monoisotopic (exact) mass is 95.1 g/mol. The van der Waals surface area contributed by atoms with Gasteiger partial charge in [-0.2, -0.15) is 0 Å². The van der Waals surface area contributed by atoms with E-state index in [-0.39, 0.29) is 0 Å². The molecule has 0 aromatic heterocycles. The van der Waals surface area contributed by atoms with Crippen molar-refractivity contribution in [3.05, 3.63) is 12.3 Å². The molecule has 0 aliphatic carbocycles. The highest BCUT2D eigenvalue weighted by molar-refractivity contribution is 5.02. The zero-order valence-corrected chi connectivity index (χ0v) is 4.30. The van der Waals surface area contributed by atoms with Crippen molar-refractivity contribution in [2.75, 3.05) is 13.1 Å². The van der Waals surface area contributed by atoms with Gasteiger partial charge in [-0.15, -0.1) is 0 Å². The third kappa shape index (κ3) is 0.379. The van der Waals surface area contributed by atoms with E-state index < -0.39 is 0 Å². The highest BCUT2D eigenvalue weighted by Gasteiger charge is 2.22. The molecule has 7 heavy (non-hydrogen) atoms. The number of fused-ring (bicyclic) bond motifs is 2. The predicted molar refractivity (Wildman–Crippen MR) is 28.8 cm³/mol. The zero-order chi connectivity index (χ0) is 4.69. The molecule has 0 aromatic carbocycles. The highest BCUT2D eigenvalue weighted by atomic mass is 15.1. The number of nitrogens with zero attached hydrogens (tertiary/aromatic N) is 1. The number of rotatable bonds is 0. The molecule has 1 nitrogen and oxygen atoms in total. The second-order valence-electron chi connectivity index (χ2n) is 2.39. The van der Waals surface area contributed by atoms with Crippen molar-refractivity contribution in [1.29, 1.82) is 0 Å². The van der Waals surface area contributed by atoms with Crippen molar-refractivity contribution >= 4 is 0 Å². The van der Waals surface area contributed by atoms with Gasteiger partial charge in [-0.25, -0.2) is 0 Å². The Morgan fingerprint density at radius 3 is 2.71 bits per heavy atom. The van der Waals surface area contributed by atoms with Crippen LogP contribution in [0.3, 0.4) is 0 Å². The lowest BCUT2D eigenvalue weighted by Gasteiger charge is -2.05. The normalized spacial score (nSPS) is 35.4. The first kappa shape index (κ1) is 3.53. The Morgan fingerprint density at radius 2 is 2.57 bits per heavy atom. The van der Waals surface area contributed by atoms with Gasteiger partial charge in [-0.05, 0) is 18.5 Å². The molecular weight excluding hydrogens is 86.1 g/mol. The standard InChI is InChI=1S/C6H9N/c1-3-7-4-2-6(1)5-7/h1,3,6H,2,4-5H2. The van der Waals surface area contributed by atoms with E-state index in [1.54, 1.807) is 0 Å². The van der Waals surface area contributed by atoms with Crippen molar-refractivity contribution in [3.8, 4) is 0 Å². The van der Waals surface area contributed by atoms with Crippen LogP contribution in [0.4, 0.5) is 0 Å². The van der Waals surface area contributed by atoms with Gasteiger partial charge in [0.15, 0.2) is 0 Å². The Morgan fingerprint density at radius 1 is 1.57 bits per heavy atom. The van der Waals surface area contributed by atoms with E-state index in [0.717, 1.165) is 5.92 Å². The molecule has 38 valence electrons. The van der Waals surface area contributed by atoms with E-state index in [4.69, 9.17) is 0 Å². The van der Waals surface area contributed by atoms with E-state index in [0.29, 0.717) is 0 Å². The lowest BCUT2D eigenvalue weighted by Crippen LogP contribution is -2.07. The summed E-state index contributed by atoms with van der Waals surface area (Å²) in [4.78, 5) is 2.38. The molecule has 0 saturated carbocycles. The summed E-state index contributed by atoms with van der Waals surface area (Å²) in [6, 6.07) is 0.